The number of aromatic hydroxyl groups is 2. The molecule has 2 saturated heterocycles. The Balaban J connectivity index is 1.29. The molecule has 2 aromatic carbocycles. The molecular weight excluding hydrogens is 592 g/mol. The van der Waals surface area contributed by atoms with Gasteiger partial charge in [0.2, 0.25) is 11.7 Å². The van der Waals surface area contributed by atoms with Crippen LogP contribution in [0.4, 0.5) is 4.79 Å². The minimum absolute atomic E-state index is 0.0271. The molecule has 3 amide bonds. The molecule has 246 valence electrons. The molecule has 2 atom stereocenters. The number of hydrogen-bond acceptors (Lipinski definition) is 8. The number of nitrogens with one attached hydrogen (secondary N) is 1. The van der Waals surface area contributed by atoms with Crippen LogP contribution in [0.3, 0.4) is 0 Å². The average Bonchev–Trinajstić information content (AvgIpc) is 3.46. The smallest absolute Gasteiger partial charge is 0.407 e. The number of rotatable bonds is 8. The Hall–Kier alpha value is -4.81. The van der Waals surface area contributed by atoms with Crippen molar-refractivity contribution >= 4 is 17.9 Å². The molecule has 2 unspecified atom stereocenters. The van der Waals surface area contributed by atoms with Crippen molar-refractivity contribution in [2.45, 2.75) is 71.4 Å². The molecule has 2 fully saturated rings. The van der Waals surface area contributed by atoms with Crippen molar-refractivity contribution in [2.75, 3.05) is 26.2 Å². The van der Waals surface area contributed by atoms with E-state index in [0.717, 1.165) is 0 Å². The molecule has 0 bridgehead atoms. The second-order valence-electron chi connectivity index (χ2n) is 12.3. The lowest BCUT2D eigenvalue weighted by Gasteiger charge is -2.39. The Morgan fingerprint density at radius 2 is 1.70 bits per heavy atom. The Morgan fingerprint density at radius 3 is 2.30 bits per heavy atom. The summed E-state index contributed by atoms with van der Waals surface area (Å²) in [6.45, 7) is 9.42. The molecule has 2 aliphatic rings. The molecular formula is C33H42N6O7. The first kappa shape index (κ1) is 32.6. The topological polar surface area (TPSA) is 170 Å². The maximum absolute atomic E-state index is 13.2. The van der Waals surface area contributed by atoms with Crippen molar-refractivity contribution in [3.05, 3.63) is 47.8 Å². The minimum atomic E-state index is -0.939. The number of aromatic nitrogens is 3. The fourth-order valence-electron chi connectivity index (χ4n) is 6.32. The molecule has 3 heterocycles. The molecule has 2 aliphatic heterocycles. The summed E-state index contributed by atoms with van der Waals surface area (Å²) in [6.07, 6.45) is 1.40. The van der Waals surface area contributed by atoms with Gasteiger partial charge in [-0.1, -0.05) is 13.8 Å². The number of carboxylic acid groups (broad SMARTS) is 1. The fraction of sp³-hybridized carbons (Fsp3) is 0.485. The number of nitrogens with zero attached hydrogens (tertiary/aromatic N) is 5. The monoisotopic (exact) mass is 634 g/mol. The molecule has 1 aromatic heterocycles. The van der Waals surface area contributed by atoms with E-state index in [1.54, 1.807) is 41.8 Å². The molecule has 13 nitrogen and oxygen atoms in total. The van der Waals surface area contributed by atoms with E-state index >= 15 is 0 Å². The summed E-state index contributed by atoms with van der Waals surface area (Å²) in [5.74, 6) is 0.177. The van der Waals surface area contributed by atoms with Gasteiger partial charge in [0.05, 0.1) is 5.56 Å². The third-order valence-electron chi connectivity index (χ3n) is 8.83. The van der Waals surface area contributed by atoms with Gasteiger partial charge in [-0.25, -0.2) is 4.79 Å². The summed E-state index contributed by atoms with van der Waals surface area (Å²) in [7, 11) is 0. The molecule has 5 rings (SSSR count). The number of piperidine rings is 2. The summed E-state index contributed by atoms with van der Waals surface area (Å²) in [5, 5.41) is 41.6. The molecule has 4 N–H and O–H groups in total. The van der Waals surface area contributed by atoms with Crippen molar-refractivity contribution in [3.63, 3.8) is 0 Å². The maximum atomic E-state index is 13.2. The van der Waals surface area contributed by atoms with E-state index in [-0.39, 0.29) is 53.0 Å². The van der Waals surface area contributed by atoms with Gasteiger partial charge in [-0.15, -0.1) is 10.2 Å². The van der Waals surface area contributed by atoms with E-state index in [9.17, 15) is 29.7 Å². The molecule has 46 heavy (non-hydrogen) atoms. The standard InChI is InChI=1S/C33H42N6O7/c1-5-34-31(42)30-36-35-29(26-17-25(19(2)3)27(40)18-28(26)41)39(30)22-6-8-23(9-7-22)46-24-11-13-37(14-12-24)32(43)21-10-15-38(33(44)45)20(4)16-21/h6-9,17-21,24,40-41H,5,10-16H2,1-4H3,(H,34,42)(H,44,45). The van der Waals surface area contributed by atoms with E-state index in [4.69, 9.17) is 4.74 Å². The first-order valence-corrected chi connectivity index (χ1v) is 15.8. The normalized spacial score (nSPS) is 18.9. The Kier molecular flexibility index (Phi) is 9.68. The van der Waals surface area contributed by atoms with E-state index in [2.05, 4.69) is 15.5 Å². The van der Waals surface area contributed by atoms with E-state index < -0.39 is 12.0 Å². The number of phenols is 2. The van der Waals surface area contributed by atoms with Crippen LogP contribution < -0.4 is 10.1 Å². The van der Waals surface area contributed by atoms with Gasteiger partial charge < -0.3 is 35.2 Å². The van der Waals surface area contributed by atoms with Gasteiger partial charge in [0, 0.05) is 62.7 Å². The third-order valence-corrected chi connectivity index (χ3v) is 8.83. The number of carbonyl (C=O) groups is 3. The lowest BCUT2D eigenvalue weighted by molar-refractivity contribution is -0.139. The number of amides is 3. The number of hydrogen-bond donors (Lipinski definition) is 4. The summed E-state index contributed by atoms with van der Waals surface area (Å²) < 4.78 is 7.83. The van der Waals surface area contributed by atoms with Crippen LogP contribution >= 0.6 is 0 Å². The summed E-state index contributed by atoms with van der Waals surface area (Å²) in [4.78, 5) is 40.8. The van der Waals surface area contributed by atoms with Crippen LogP contribution in [-0.2, 0) is 4.79 Å². The number of ether oxygens (including phenoxy) is 1. The lowest BCUT2D eigenvalue weighted by Crippen LogP contribution is -2.50. The van der Waals surface area contributed by atoms with Crippen molar-refractivity contribution in [3.8, 4) is 34.3 Å². The van der Waals surface area contributed by atoms with Gasteiger partial charge in [0.15, 0.2) is 5.82 Å². The highest BCUT2D eigenvalue weighted by Crippen LogP contribution is 2.38. The largest absolute Gasteiger partial charge is 0.508 e. The quantitative estimate of drug-likeness (QED) is 0.281. The van der Waals surface area contributed by atoms with Gasteiger partial charge in [-0.05, 0) is 68.5 Å². The zero-order chi connectivity index (χ0) is 33.1. The average molecular weight is 635 g/mol. The zero-order valence-corrected chi connectivity index (χ0v) is 26.6. The van der Waals surface area contributed by atoms with Crippen molar-refractivity contribution < 1.29 is 34.4 Å². The Bertz CT molecular complexity index is 1580. The SMILES string of the molecule is CCNC(=O)c1nnc(-c2cc(C(C)C)c(O)cc2O)n1-c1ccc(OC2CCN(C(=O)C3CCN(C(=O)O)C(C)C3)CC2)cc1. The van der Waals surface area contributed by atoms with Crippen LogP contribution in [0, 0.1) is 5.92 Å². The molecule has 0 spiro atoms. The summed E-state index contributed by atoms with van der Waals surface area (Å²) in [6, 6.07) is 9.92. The van der Waals surface area contributed by atoms with Gasteiger partial charge in [0.25, 0.3) is 5.91 Å². The lowest BCUT2D eigenvalue weighted by atomic mass is 9.90. The highest BCUT2D eigenvalue weighted by atomic mass is 16.5. The molecule has 3 aromatic rings. The predicted molar refractivity (Wildman–Crippen MR) is 169 cm³/mol. The van der Waals surface area contributed by atoms with Crippen LogP contribution in [0.15, 0.2) is 36.4 Å². The van der Waals surface area contributed by atoms with Crippen molar-refractivity contribution in [1.29, 1.82) is 0 Å². The number of likely N-dealkylation sites (tertiary alicyclic amines) is 2. The second kappa shape index (κ2) is 13.7. The third kappa shape index (κ3) is 6.73. The van der Waals surface area contributed by atoms with Gasteiger partial charge >= 0.3 is 6.09 Å². The fourth-order valence-corrected chi connectivity index (χ4v) is 6.32. The highest BCUT2D eigenvalue weighted by molar-refractivity contribution is 5.92. The van der Waals surface area contributed by atoms with Crippen LogP contribution in [0.2, 0.25) is 0 Å². The molecule has 13 heteroatoms. The van der Waals surface area contributed by atoms with Crippen molar-refractivity contribution in [2.24, 2.45) is 5.92 Å². The molecule has 0 aliphatic carbocycles. The number of phenolic OH excluding ortho intramolecular Hbond substituents is 2. The van der Waals surface area contributed by atoms with Gasteiger partial charge in [-0.2, -0.15) is 0 Å². The van der Waals surface area contributed by atoms with Crippen LogP contribution in [0.5, 0.6) is 17.2 Å². The summed E-state index contributed by atoms with van der Waals surface area (Å²) in [5.41, 5.74) is 1.53. The molecule has 0 radical (unpaired) electrons. The van der Waals surface area contributed by atoms with Crippen LogP contribution in [0.25, 0.3) is 17.1 Å². The van der Waals surface area contributed by atoms with E-state index in [0.29, 0.717) is 74.4 Å². The zero-order valence-electron chi connectivity index (χ0n) is 26.6. The number of carbonyl (C=O) groups excluding carboxylic acids is 2. The highest BCUT2D eigenvalue weighted by Gasteiger charge is 2.35. The van der Waals surface area contributed by atoms with E-state index in [1.807, 2.05) is 25.7 Å². The van der Waals surface area contributed by atoms with E-state index in [1.165, 1.54) is 11.0 Å². The van der Waals surface area contributed by atoms with Crippen molar-refractivity contribution in [1.82, 2.24) is 29.9 Å². The van der Waals surface area contributed by atoms with Crippen LogP contribution in [-0.4, -0.2) is 96.1 Å². The molecule has 0 saturated carbocycles. The summed E-state index contributed by atoms with van der Waals surface area (Å²) >= 11 is 0. The first-order valence-electron chi connectivity index (χ1n) is 15.8. The second-order valence-corrected chi connectivity index (χ2v) is 12.3. The Labute approximate surface area is 267 Å². The van der Waals surface area contributed by atoms with Crippen LogP contribution in [0.1, 0.15) is 75.5 Å². The first-order chi connectivity index (χ1) is 22.0. The maximum Gasteiger partial charge on any atom is 0.407 e. The Morgan fingerprint density at radius 1 is 1.00 bits per heavy atom. The van der Waals surface area contributed by atoms with Gasteiger partial charge in [0.1, 0.15) is 23.4 Å². The minimum Gasteiger partial charge on any atom is -0.508 e. The predicted octanol–water partition coefficient (Wildman–Crippen LogP) is 4.37. The number of benzene rings is 2. The van der Waals surface area contributed by atoms with Gasteiger partial charge in [-0.3, -0.25) is 14.2 Å².